The molecule has 0 bridgehead atoms. The molecule has 1 aromatic heterocycles. The average molecular weight is 156 g/mol. The lowest BCUT2D eigenvalue weighted by molar-refractivity contribution is 0.426. The lowest BCUT2D eigenvalue weighted by Crippen LogP contribution is -1.88. The van der Waals surface area contributed by atoms with Crippen LogP contribution in [0.2, 0.25) is 0 Å². The number of H-pyrrole nitrogens is 1. The lowest BCUT2D eigenvalue weighted by Gasteiger charge is -1.90. The highest BCUT2D eigenvalue weighted by Crippen LogP contribution is 2.20. The first-order valence-corrected chi connectivity index (χ1v) is 4.17. The van der Waals surface area contributed by atoms with E-state index in [1.807, 2.05) is 6.20 Å². The van der Waals surface area contributed by atoms with Gasteiger partial charge in [0.1, 0.15) is 0 Å². The van der Waals surface area contributed by atoms with Gasteiger partial charge in [-0.3, -0.25) is 0 Å². The molecule has 1 aromatic rings. The second-order valence-electron chi connectivity index (χ2n) is 2.16. The van der Waals surface area contributed by atoms with Crippen LogP contribution in [0.25, 0.3) is 0 Å². The summed E-state index contributed by atoms with van der Waals surface area (Å²) in [6, 6.07) is 0. The van der Waals surface area contributed by atoms with Gasteiger partial charge in [0, 0.05) is 18.1 Å². The molecule has 1 N–H and O–H groups in total. The minimum atomic E-state index is 0.482. The van der Waals surface area contributed by atoms with E-state index in [1.54, 1.807) is 18.0 Å². The highest BCUT2D eigenvalue weighted by molar-refractivity contribution is 7.99. The third-order valence-corrected chi connectivity index (χ3v) is 2.32. The van der Waals surface area contributed by atoms with Gasteiger partial charge in [0.25, 0.3) is 0 Å². The number of hydrogen-bond acceptors (Lipinski definition) is 3. The Hall–Kier alpha value is -0.480. The van der Waals surface area contributed by atoms with Crippen LogP contribution in [0, 0.1) is 0 Å². The van der Waals surface area contributed by atoms with Gasteiger partial charge < -0.3 is 9.72 Å². The SMILES string of the molecule is c1c[nH]c(SCC2CO2)n1. The Balaban J connectivity index is 1.79. The Bertz CT molecular complexity index is 196. The van der Waals surface area contributed by atoms with E-state index in [-0.39, 0.29) is 0 Å². The number of nitrogens with zero attached hydrogens (tertiary/aromatic N) is 1. The van der Waals surface area contributed by atoms with Gasteiger partial charge in [-0.15, -0.1) is 0 Å². The molecule has 1 atom stereocenters. The van der Waals surface area contributed by atoms with Crippen molar-refractivity contribution in [2.45, 2.75) is 11.3 Å². The van der Waals surface area contributed by atoms with Crippen molar-refractivity contribution >= 4 is 11.8 Å². The van der Waals surface area contributed by atoms with E-state index in [1.165, 1.54) is 0 Å². The quantitative estimate of drug-likeness (QED) is 0.522. The third-order valence-electron chi connectivity index (χ3n) is 1.28. The summed E-state index contributed by atoms with van der Waals surface area (Å²) >= 11 is 1.71. The molecule has 0 spiro atoms. The second-order valence-corrected chi connectivity index (χ2v) is 3.17. The summed E-state index contributed by atoms with van der Waals surface area (Å²) in [5.41, 5.74) is 0. The summed E-state index contributed by atoms with van der Waals surface area (Å²) in [7, 11) is 0. The minimum Gasteiger partial charge on any atom is -0.372 e. The van der Waals surface area contributed by atoms with Gasteiger partial charge in [-0.1, -0.05) is 11.8 Å². The highest BCUT2D eigenvalue weighted by atomic mass is 32.2. The van der Waals surface area contributed by atoms with Gasteiger partial charge in [-0.05, 0) is 0 Å². The van der Waals surface area contributed by atoms with Crippen LogP contribution in [0.5, 0.6) is 0 Å². The van der Waals surface area contributed by atoms with Crippen LogP contribution < -0.4 is 0 Å². The predicted molar refractivity (Wildman–Crippen MR) is 39.1 cm³/mol. The van der Waals surface area contributed by atoms with Crippen LogP contribution in [-0.2, 0) is 4.74 Å². The van der Waals surface area contributed by atoms with Crippen molar-refractivity contribution < 1.29 is 4.74 Å². The first-order valence-electron chi connectivity index (χ1n) is 3.19. The third kappa shape index (κ3) is 1.52. The summed E-state index contributed by atoms with van der Waals surface area (Å²) in [5.74, 6) is 1.02. The first kappa shape index (κ1) is 6.24. The fourth-order valence-corrected chi connectivity index (χ4v) is 1.49. The Morgan fingerprint density at radius 1 is 1.90 bits per heavy atom. The van der Waals surface area contributed by atoms with Crippen molar-refractivity contribution in [3.05, 3.63) is 12.4 Å². The zero-order chi connectivity index (χ0) is 6.81. The number of aromatic nitrogens is 2. The van der Waals surface area contributed by atoms with Crippen molar-refractivity contribution in [2.24, 2.45) is 0 Å². The molecular weight excluding hydrogens is 148 g/mol. The number of imidazole rings is 1. The lowest BCUT2D eigenvalue weighted by atomic mass is 10.6. The maximum atomic E-state index is 5.04. The Morgan fingerprint density at radius 2 is 2.80 bits per heavy atom. The molecule has 2 heterocycles. The van der Waals surface area contributed by atoms with E-state index >= 15 is 0 Å². The molecule has 0 saturated carbocycles. The Labute approximate surface area is 63.2 Å². The van der Waals surface area contributed by atoms with Crippen molar-refractivity contribution in [1.82, 2.24) is 9.97 Å². The molecule has 2 rings (SSSR count). The van der Waals surface area contributed by atoms with Crippen LogP contribution in [0.1, 0.15) is 0 Å². The van der Waals surface area contributed by atoms with Gasteiger partial charge >= 0.3 is 0 Å². The molecule has 1 saturated heterocycles. The molecule has 0 amide bonds. The second kappa shape index (κ2) is 2.64. The standard InChI is InChI=1S/C6H8N2OS/c1-2-8-6(7-1)10-4-5-3-9-5/h1-2,5H,3-4H2,(H,7,8). The van der Waals surface area contributed by atoms with Crippen LogP contribution in [0.3, 0.4) is 0 Å². The maximum Gasteiger partial charge on any atom is 0.165 e. The van der Waals surface area contributed by atoms with E-state index in [9.17, 15) is 0 Å². The monoisotopic (exact) mass is 156 g/mol. The molecule has 1 fully saturated rings. The van der Waals surface area contributed by atoms with E-state index in [0.717, 1.165) is 17.5 Å². The zero-order valence-corrected chi connectivity index (χ0v) is 6.23. The molecule has 0 aromatic carbocycles. The maximum absolute atomic E-state index is 5.04. The Morgan fingerprint density at radius 3 is 3.40 bits per heavy atom. The molecule has 3 nitrogen and oxygen atoms in total. The first-order chi connectivity index (χ1) is 4.95. The summed E-state index contributed by atoms with van der Waals surface area (Å²) in [6.45, 7) is 0.924. The molecular formula is C6H8N2OS. The summed E-state index contributed by atoms with van der Waals surface area (Å²) < 4.78 is 5.04. The number of nitrogens with one attached hydrogen (secondary N) is 1. The molecule has 10 heavy (non-hydrogen) atoms. The van der Waals surface area contributed by atoms with E-state index in [0.29, 0.717) is 6.10 Å². The van der Waals surface area contributed by atoms with Crippen molar-refractivity contribution in [1.29, 1.82) is 0 Å². The van der Waals surface area contributed by atoms with Crippen LogP contribution in [0.4, 0.5) is 0 Å². The van der Waals surface area contributed by atoms with E-state index < -0.39 is 0 Å². The highest BCUT2D eigenvalue weighted by Gasteiger charge is 2.22. The van der Waals surface area contributed by atoms with Gasteiger partial charge in [0.2, 0.25) is 0 Å². The topological polar surface area (TPSA) is 41.2 Å². The number of rotatable bonds is 3. The summed E-state index contributed by atoms with van der Waals surface area (Å²) in [5, 5.41) is 0.982. The molecule has 1 unspecified atom stereocenters. The normalized spacial score (nSPS) is 23.0. The van der Waals surface area contributed by atoms with Crippen LogP contribution >= 0.6 is 11.8 Å². The number of aromatic amines is 1. The number of ether oxygens (including phenoxy) is 1. The van der Waals surface area contributed by atoms with Crippen molar-refractivity contribution in [3.8, 4) is 0 Å². The average Bonchev–Trinajstić information content (AvgIpc) is 2.63. The van der Waals surface area contributed by atoms with Crippen LogP contribution in [0.15, 0.2) is 17.6 Å². The smallest absolute Gasteiger partial charge is 0.165 e. The Kier molecular flexibility index (Phi) is 1.65. The number of hydrogen-bond donors (Lipinski definition) is 1. The van der Waals surface area contributed by atoms with E-state index in [2.05, 4.69) is 9.97 Å². The summed E-state index contributed by atoms with van der Waals surface area (Å²) in [6.07, 6.45) is 4.07. The minimum absolute atomic E-state index is 0.482. The molecule has 0 aliphatic carbocycles. The van der Waals surface area contributed by atoms with E-state index in [4.69, 9.17) is 4.74 Å². The van der Waals surface area contributed by atoms with Gasteiger partial charge in [0.05, 0.1) is 12.7 Å². The van der Waals surface area contributed by atoms with Crippen LogP contribution in [-0.4, -0.2) is 28.4 Å². The number of epoxide rings is 1. The molecule has 54 valence electrons. The molecule has 0 radical (unpaired) electrons. The van der Waals surface area contributed by atoms with Gasteiger partial charge in [-0.2, -0.15) is 0 Å². The molecule has 4 heteroatoms. The fraction of sp³-hybridized carbons (Fsp3) is 0.500. The predicted octanol–water partition coefficient (Wildman–Crippen LogP) is 0.901. The van der Waals surface area contributed by atoms with Gasteiger partial charge in [-0.25, -0.2) is 4.98 Å². The largest absolute Gasteiger partial charge is 0.372 e. The molecule has 1 aliphatic rings. The fourth-order valence-electron chi connectivity index (χ4n) is 0.666. The molecule has 1 aliphatic heterocycles. The van der Waals surface area contributed by atoms with Gasteiger partial charge in [0.15, 0.2) is 5.16 Å². The number of thioether (sulfide) groups is 1. The summed E-state index contributed by atoms with van der Waals surface area (Å²) in [4.78, 5) is 7.08. The van der Waals surface area contributed by atoms with Crippen molar-refractivity contribution in [3.63, 3.8) is 0 Å². The zero-order valence-electron chi connectivity index (χ0n) is 5.41. The van der Waals surface area contributed by atoms with Crippen molar-refractivity contribution in [2.75, 3.05) is 12.4 Å².